The number of rotatable bonds is 4. The molecule has 4 aliphatic carbocycles. The summed E-state index contributed by atoms with van der Waals surface area (Å²) in [5.41, 5.74) is -0.314. The molecule has 30 heavy (non-hydrogen) atoms. The van der Waals surface area contributed by atoms with E-state index in [0.29, 0.717) is 12.3 Å². The Bertz CT molecular complexity index is 668. The monoisotopic (exact) mass is 424 g/mol. The Labute approximate surface area is 179 Å². The number of aliphatic hydroxyl groups excluding tert-OH is 4. The van der Waals surface area contributed by atoms with Gasteiger partial charge in [-0.3, -0.25) is 0 Å². The van der Waals surface area contributed by atoms with Crippen LogP contribution in [0.25, 0.3) is 0 Å². The van der Waals surface area contributed by atoms with Crippen LogP contribution in [0.15, 0.2) is 0 Å². The van der Waals surface area contributed by atoms with Gasteiger partial charge in [0.05, 0.1) is 18.3 Å². The Morgan fingerprint density at radius 2 is 1.73 bits per heavy atom. The molecule has 4 aliphatic rings. The molecule has 4 fully saturated rings. The maximum absolute atomic E-state index is 11.5. The van der Waals surface area contributed by atoms with Crippen molar-refractivity contribution in [2.24, 2.45) is 46.3 Å². The molecule has 0 amide bonds. The lowest BCUT2D eigenvalue weighted by Gasteiger charge is -2.63. The molecule has 5 N–H and O–H groups in total. The summed E-state index contributed by atoms with van der Waals surface area (Å²) in [6, 6.07) is 0. The first kappa shape index (κ1) is 22.5. The van der Waals surface area contributed by atoms with Gasteiger partial charge in [-0.1, -0.05) is 20.8 Å². The summed E-state index contributed by atoms with van der Waals surface area (Å²) < 4.78 is 0. The van der Waals surface area contributed by atoms with E-state index < -0.39 is 24.3 Å². The molecule has 6 nitrogen and oxygen atoms in total. The van der Waals surface area contributed by atoms with Crippen LogP contribution in [0, 0.1) is 46.3 Å². The molecular formula is C24H40O6. The van der Waals surface area contributed by atoms with Crippen LogP contribution in [0.3, 0.4) is 0 Å². The van der Waals surface area contributed by atoms with Crippen LogP contribution in [0.5, 0.6) is 0 Å². The molecule has 0 spiro atoms. The van der Waals surface area contributed by atoms with Gasteiger partial charge in [-0.05, 0) is 97.7 Å². The van der Waals surface area contributed by atoms with Crippen LogP contribution < -0.4 is 0 Å². The molecule has 4 saturated carbocycles. The van der Waals surface area contributed by atoms with Crippen LogP contribution in [-0.2, 0) is 4.79 Å². The Kier molecular flexibility index (Phi) is 5.79. The number of carboxylic acid groups (broad SMARTS) is 1. The largest absolute Gasteiger partial charge is 0.479 e. The van der Waals surface area contributed by atoms with Crippen molar-refractivity contribution in [1.82, 2.24) is 0 Å². The van der Waals surface area contributed by atoms with E-state index in [4.69, 9.17) is 5.11 Å². The van der Waals surface area contributed by atoms with Gasteiger partial charge in [0.1, 0.15) is 0 Å². The summed E-state index contributed by atoms with van der Waals surface area (Å²) in [5, 5.41) is 51.9. The van der Waals surface area contributed by atoms with Gasteiger partial charge in [-0.15, -0.1) is 0 Å². The van der Waals surface area contributed by atoms with E-state index in [1.54, 1.807) is 0 Å². The zero-order valence-electron chi connectivity index (χ0n) is 18.6. The fraction of sp³-hybridized carbons (Fsp3) is 0.958. The van der Waals surface area contributed by atoms with Crippen molar-refractivity contribution in [2.75, 3.05) is 0 Å². The highest BCUT2D eigenvalue weighted by Gasteiger charge is 2.65. The second kappa shape index (κ2) is 7.72. The van der Waals surface area contributed by atoms with Gasteiger partial charge in [0.25, 0.3) is 0 Å². The number of fused-ring (bicyclic) bond motifs is 5. The summed E-state index contributed by atoms with van der Waals surface area (Å²) in [4.78, 5) is 11.1. The fourth-order valence-electron chi connectivity index (χ4n) is 8.75. The minimum Gasteiger partial charge on any atom is -0.479 e. The topological polar surface area (TPSA) is 118 Å². The third-order valence-electron chi connectivity index (χ3n) is 10.4. The lowest BCUT2D eigenvalue weighted by molar-refractivity contribution is -0.207. The third kappa shape index (κ3) is 3.25. The molecule has 0 saturated heterocycles. The number of aliphatic carboxylic acids is 1. The van der Waals surface area contributed by atoms with Gasteiger partial charge in [0.2, 0.25) is 0 Å². The smallest absolute Gasteiger partial charge is 0.332 e. The predicted molar refractivity (Wildman–Crippen MR) is 111 cm³/mol. The Morgan fingerprint density at radius 1 is 1.03 bits per heavy atom. The second-order valence-corrected chi connectivity index (χ2v) is 11.6. The molecule has 0 radical (unpaired) electrons. The predicted octanol–water partition coefficient (Wildman–Crippen LogP) is 2.42. The summed E-state index contributed by atoms with van der Waals surface area (Å²) in [5.74, 6) is -0.144. The van der Waals surface area contributed by atoms with Crippen molar-refractivity contribution < 1.29 is 30.3 Å². The number of carboxylic acids is 1. The lowest BCUT2D eigenvalue weighted by atomic mass is 9.43. The van der Waals surface area contributed by atoms with Crippen molar-refractivity contribution in [3.63, 3.8) is 0 Å². The number of aliphatic hydroxyl groups is 4. The van der Waals surface area contributed by atoms with Crippen molar-refractivity contribution in [3.8, 4) is 0 Å². The number of hydrogen-bond donors (Lipinski definition) is 5. The van der Waals surface area contributed by atoms with Gasteiger partial charge in [-0.2, -0.15) is 0 Å². The quantitative estimate of drug-likeness (QED) is 0.473. The molecule has 0 heterocycles. The van der Waals surface area contributed by atoms with Crippen molar-refractivity contribution in [1.29, 1.82) is 0 Å². The molecular weight excluding hydrogens is 384 g/mol. The van der Waals surface area contributed by atoms with Crippen molar-refractivity contribution >= 4 is 5.97 Å². The first-order valence-electron chi connectivity index (χ1n) is 11.9. The maximum Gasteiger partial charge on any atom is 0.332 e. The molecule has 1 unspecified atom stereocenters. The van der Waals surface area contributed by atoms with E-state index in [9.17, 15) is 25.2 Å². The summed E-state index contributed by atoms with van der Waals surface area (Å²) in [6.07, 6.45) is 3.40. The molecule has 0 aromatic rings. The summed E-state index contributed by atoms with van der Waals surface area (Å²) in [6.45, 7) is 6.47. The van der Waals surface area contributed by atoms with E-state index in [2.05, 4.69) is 13.8 Å². The highest BCUT2D eigenvalue weighted by molar-refractivity contribution is 5.71. The molecule has 0 aliphatic heterocycles. The van der Waals surface area contributed by atoms with Crippen LogP contribution >= 0.6 is 0 Å². The Hall–Kier alpha value is -0.690. The normalized spacial score (nSPS) is 52.6. The van der Waals surface area contributed by atoms with Gasteiger partial charge in [0.15, 0.2) is 6.10 Å². The summed E-state index contributed by atoms with van der Waals surface area (Å²) in [7, 11) is 0. The van der Waals surface area contributed by atoms with E-state index in [0.717, 1.165) is 38.5 Å². The highest BCUT2D eigenvalue weighted by atomic mass is 16.4. The zero-order chi connectivity index (χ0) is 22.0. The van der Waals surface area contributed by atoms with Gasteiger partial charge in [-0.25, -0.2) is 4.79 Å². The molecule has 0 aromatic carbocycles. The highest BCUT2D eigenvalue weighted by Crippen LogP contribution is 2.68. The Morgan fingerprint density at radius 3 is 2.40 bits per heavy atom. The number of carbonyl (C=O) groups is 1. The fourth-order valence-corrected chi connectivity index (χ4v) is 8.75. The molecule has 4 rings (SSSR count). The molecule has 0 bridgehead atoms. The standard InChI is InChI=1S/C24H40O6/c1-12(8-19(27)22(29)30)15-4-5-16-21-17(11-20(28)24(15,16)3)23(2)7-6-14(25)9-13(23)10-18(21)26/h12-21,25-28H,4-11H2,1-3H3,(H,29,30)/t12-,13+,14-,15-,16+,17+,18+,19?,20+,21+,23+,24-/m1/s1. The summed E-state index contributed by atoms with van der Waals surface area (Å²) >= 11 is 0. The second-order valence-electron chi connectivity index (χ2n) is 11.6. The van der Waals surface area contributed by atoms with E-state index in [-0.39, 0.29) is 52.9 Å². The third-order valence-corrected chi connectivity index (χ3v) is 10.4. The first-order valence-corrected chi connectivity index (χ1v) is 11.9. The van der Waals surface area contributed by atoms with E-state index >= 15 is 0 Å². The number of hydrogen-bond acceptors (Lipinski definition) is 5. The van der Waals surface area contributed by atoms with Crippen molar-refractivity contribution in [3.05, 3.63) is 0 Å². The lowest BCUT2D eigenvalue weighted by Crippen LogP contribution is -2.62. The van der Waals surface area contributed by atoms with Crippen LogP contribution in [-0.4, -0.2) is 55.9 Å². The van der Waals surface area contributed by atoms with Gasteiger partial charge >= 0.3 is 5.97 Å². The minimum absolute atomic E-state index is 0.00815. The van der Waals surface area contributed by atoms with Gasteiger partial charge < -0.3 is 25.5 Å². The van der Waals surface area contributed by atoms with Crippen LogP contribution in [0.4, 0.5) is 0 Å². The molecule has 6 heteroatoms. The molecule has 0 aromatic heterocycles. The van der Waals surface area contributed by atoms with Gasteiger partial charge in [0, 0.05) is 0 Å². The Balaban J connectivity index is 1.61. The van der Waals surface area contributed by atoms with Crippen molar-refractivity contribution in [2.45, 2.75) is 96.6 Å². The van der Waals surface area contributed by atoms with Crippen LogP contribution in [0.2, 0.25) is 0 Å². The first-order chi connectivity index (χ1) is 14.0. The minimum atomic E-state index is -1.37. The molecule has 172 valence electrons. The molecule has 12 atom stereocenters. The van der Waals surface area contributed by atoms with E-state index in [1.165, 1.54) is 0 Å². The average Bonchev–Trinajstić information content (AvgIpc) is 3.02. The average molecular weight is 425 g/mol. The zero-order valence-corrected chi connectivity index (χ0v) is 18.6. The van der Waals surface area contributed by atoms with Crippen LogP contribution in [0.1, 0.15) is 72.1 Å². The maximum atomic E-state index is 11.5. The van der Waals surface area contributed by atoms with E-state index in [1.807, 2.05) is 6.92 Å². The SMILES string of the molecule is C[C@H](CC(O)C(=O)O)[C@H]1CC[C@H]2[C@@H]3[C@@H](O)C[C@@H]4C[C@H](O)CC[C@]4(C)[C@H]3C[C@H](O)[C@]12C.